The molecule has 0 spiro atoms. The normalized spacial score (nSPS) is 27.7. The zero-order chi connectivity index (χ0) is 15.7. The van der Waals surface area contributed by atoms with E-state index in [1.807, 2.05) is 19.2 Å². The molecular weight excluding hydrogens is 276 g/mol. The van der Waals surface area contributed by atoms with Crippen LogP contribution in [0.3, 0.4) is 0 Å². The molecule has 2 saturated heterocycles. The minimum absolute atomic E-state index is 0.126. The number of nitrogens with one attached hydrogen (secondary N) is 3. The van der Waals surface area contributed by atoms with Crippen LogP contribution in [0.5, 0.6) is 0 Å². The number of nitrogens with zero attached hydrogens (tertiary/aromatic N) is 1. The summed E-state index contributed by atoms with van der Waals surface area (Å²) in [4.78, 5) is 14.6. The SMILES string of the molecule is CC(C)c1ccc(N(C)C(=O)C2NNC3CCNCC32)cc1. The largest absolute Gasteiger partial charge is 0.316 e. The Morgan fingerprint density at radius 2 is 1.95 bits per heavy atom. The number of amides is 1. The molecule has 0 aliphatic carbocycles. The van der Waals surface area contributed by atoms with Gasteiger partial charge in [0.25, 0.3) is 0 Å². The number of piperidine rings is 1. The van der Waals surface area contributed by atoms with Crippen molar-refractivity contribution in [1.29, 1.82) is 0 Å². The number of fused-ring (bicyclic) bond motifs is 1. The predicted octanol–water partition coefficient (Wildman–Crippen LogP) is 1.23. The molecule has 2 fully saturated rings. The van der Waals surface area contributed by atoms with E-state index in [2.05, 4.69) is 42.1 Å². The lowest BCUT2D eigenvalue weighted by atomic mass is 9.89. The Morgan fingerprint density at radius 1 is 1.23 bits per heavy atom. The summed E-state index contributed by atoms with van der Waals surface area (Å²) in [5.41, 5.74) is 8.72. The smallest absolute Gasteiger partial charge is 0.245 e. The molecule has 5 nitrogen and oxygen atoms in total. The van der Waals surface area contributed by atoms with Crippen molar-refractivity contribution in [2.24, 2.45) is 5.92 Å². The molecule has 1 aromatic rings. The van der Waals surface area contributed by atoms with Gasteiger partial charge < -0.3 is 10.2 Å². The van der Waals surface area contributed by atoms with E-state index in [-0.39, 0.29) is 11.9 Å². The molecule has 5 heteroatoms. The molecule has 0 aromatic heterocycles. The predicted molar refractivity (Wildman–Crippen MR) is 88.8 cm³/mol. The number of anilines is 1. The van der Waals surface area contributed by atoms with Crippen LogP contribution in [0.4, 0.5) is 5.69 Å². The minimum atomic E-state index is -0.160. The van der Waals surface area contributed by atoms with Gasteiger partial charge in [-0.15, -0.1) is 0 Å². The van der Waals surface area contributed by atoms with Gasteiger partial charge in [0.2, 0.25) is 5.91 Å². The summed E-state index contributed by atoms with van der Waals surface area (Å²) < 4.78 is 0. The number of hydrazine groups is 1. The lowest BCUT2D eigenvalue weighted by Crippen LogP contribution is -2.49. The van der Waals surface area contributed by atoms with Crippen molar-refractivity contribution >= 4 is 11.6 Å². The molecule has 120 valence electrons. The lowest BCUT2D eigenvalue weighted by Gasteiger charge is -2.29. The van der Waals surface area contributed by atoms with Gasteiger partial charge in [0.05, 0.1) is 0 Å². The molecule has 1 amide bonds. The van der Waals surface area contributed by atoms with E-state index < -0.39 is 0 Å². The van der Waals surface area contributed by atoms with Crippen molar-refractivity contribution in [1.82, 2.24) is 16.2 Å². The topological polar surface area (TPSA) is 56.4 Å². The number of benzene rings is 1. The molecular formula is C17H26N4O. The van der Waals surface area contributed by atoms with Crippen LogP contribution in [-0.2, 0) is 4.79 Å². The van der Waals surface area contributed by atoms with E-state index in [0.717, 1.165) is 25.2 Å². The molecule has 22 heavy (non-hydrogen) atoms. The number of hydrogen-bond acceptors (Lipinski definition) is 4. The number of rotatable bonds is 3. The fraction of sp³-hybridized carbons (Fsp3) is 0.588. The van der Waals surface area contributed by atoms with E-state index in [9.17, 15) is 4.79 Å². The monoisotopic (exact) mass is 302 g/mol. The van der Waals surface area contributed by atoms with Gasteiger partial charge in [-0.3, -0.25) is 10.2 Å². The summed E-state index contributed by atoms with van der Waals surface area (Å²) in [6.07, 6.45) is 1.06. The van der Waals surface area contributed by atoms with Gasteiger partial charge in [-0.25, -0.2) is 5.43 Å². The maximum Gasteiger partial charge on any atom is 0.245 e. The molecule has 2 aliphatic heterocycles. The van der Waals surface area contributed by atoms with E-state index in [1.165, 1.54) is 5.56 Å². The Balaban J connectivity index is 1.71. The maximum atomic E-state index is 12.8. The second-order valence-electron chi connectivity index (χ2n) is 6.67. The van der Waals surface area contributed by atoms with Gasteiger partial charge >= 0.3 is 0 Å². The molecule has 3 unspecified atom stereocenters. The van der Waals surface area contributed by atoms with Gasteiger partial charge in [-0.05, 0) is 36.6 Å². The van der Waals surface area contributed by atoms with E-state index >= 15 is 0 Å². The molecule has 0 bridgehead atoms. The first-order valence-electron chi connectivity index (χ1n) is 8.17. The van der Waals surface area contributed by atoms with Crippen LogP contribution < -0.4 is 21.1 Å². The Morgan fingerprint density at radius 3 is 2.64 bits per heavy atom. The fourth-order valence-electron chi connectivity index (χ4n) is 3.38. The van der Waals surface area contributed by atoms with Gasteiger partial charge in [-0.1, -0.05) is 26.0 Å². The van der Waals surface area contributed by atoms with Crippen LogP contribution in [0.1, 0.15) is 31.7 Å². The zero-order valence-corrected chi connectivity index (χ0v) is 13.6. The summed E-state index contributed by atoms with van der Waals surface area (Å²) >= 11 is 0. The maximum absolute atomic E-state index is 12.8. The first kappa shape index (κ1) is 15.5. The molecule has 3 atom stereocenters. The van der Waals surface area contributed by atoms with Crippen molar-refractivity contribution in [3.05, 3.63) is 29.8 Å². The highest BCUT2D eigenvalue weighted by atomic mass is 16.2. The molecule has 0 radical (unpaired) electrons. The highest BCUT2D eigenvalue weighted by Gasteiger charge is 2.42. The van der Waals surface area contributed by atoms with Crippen LogP contribution >= 0.6 is 0 Å². The van der Waals surface area contributed by atoms with Gasteiger partial charge in [-0.2, -0.15) is 0 Å². The first-order valence-corrected chi connectivity index (χ1v) is 8.17. The van der Waals surface area contributed by atoms with Crippen LogP contribution in [0.25, 0.3) is 0 Å². The molecule has 2 heterocycles. The summed E-state index contributed by atoms with van der Waals surface area (Å²) in [6, 6.07) is 8.52. The van der Waals surface area contributed by atoms with Crippen LogP contribution in [0, 0.1) is 5.92 Å². The Labute approximate surface area is 132 Å². The van der Waals surface area contributed by atoms with Gasteiger partial charge in [0.15, 0.2) is 0 Å². The third-order valence-corrected chi connectivity index (χ3v) is 4.93. The van der Waals surface area contributed by atoms with E-state index in [0.29, 0.717) is 17.9 Å². The number of carbonyl (C=O) groups is 1. The number of likely N-dealkylation sites (N-methyl/N-ethyl adjacent to an activating group) is 1. The van der Waals surface area contributed by atoms with E-state index in [1.54, 1.807) is 4.90 Å². The van der Waals surface area contributed by atoms with E-state index in [4.69, 9.17) is 0 Å². The zero-order valence-electron chi connectivity index (χ0n) is 13.6. The van der Waals surface area contributed by atoms with Crippen molar-refractivity contribution in [2.45, 2.75) is 38.3 Å². The van der Waals surface area contributed by atoms with Crippen LogP contribution in [0.15, 0.2) is 24.3 Å². The molecule has 1 aromatic carbocycles. The first-order chi connectivity index (χ1) is 10.6. The second kappa shape index (κ2) is 6.36. The second-order valence-corrected chi connectivity index (χ2v) is 6.67. The van der Waals surface area contributed by atoms with Crippen LogP contribution in [-0.4, -0.2) is 38.1 Å². The summed E-state index contributed by atoms with van der Waals surface area (Å²) in [5.74, 6) is 0.949. The summed E-state index contributed by atoms with van der Waals surface area (Å²) in [6.45, 7) is 6.26. The van der Waals surface area contributed by atoms with Crippen molar-refractivity contribution in [3.8, 4) is 0 Å². The third kappa shape index (κ3) is 2.89. The van der Waals surface area contributed by atoms with Crippen molar-refractivity contribution in [3.63, 3.8) is 0 Å². The molecule has 2 aliphatic rings. The van der Waals surface area contributed by atoms with Gasteiger partial charge in [0, 0.05) is 31.2 Å². The van der Waals surface area contributed by atoms with Crippen molar-refractivity contribution in [2.75, 3.05) is 25.0 Å². The van der Waals surface area contributed by atoms with Crippen molar-refractivity contribution < 1.29 is 4.79 Å². The lowest BCUT2D eigenvalue weighted by molar-refractivity contribution is -0.121. The fourth-order valence-corrected chi connectivity index (χ4v) is 3.38. The standard InChI is InChI=1S/C17H26N4O/c1-11(2)12-4-6-13(7-5-12)21(3)17(22)16-14-10-18-9-8-15(14)19-20-16/h4-7,11,14-16,18-20H,8-10H2,1-3H3. The Kier molecular flexibility index (Phi) is 4.47. The molecule has 3 rings (SSSR count). The quantitative estimate of drug-likeness (QED) is 0.786. The number of hydrogen-bond donors (Lipinski definition) is 3. The van der Waals surface area contributed by atoms with Gasteiger partial charge in [0.1, 0.15) is 6.04 Å². The minimum Gasteiger partial charge on any atom is -0.316 e. The average molecular weight is 302 g/mol. The number of carbonyl (C=O) groups excluding carboxylic acids is 1. The Bertz CT molecular complexity index is 528. The third-order valence-electron chi connectivity index (χ3n) is 4.93. The highest BCUT2D eigenvalue weighted by molar-refractivity contribution is 5.97. The van der Waals surface area contributed by atoms with Crippen LogP contribution in [0.2, 0.25) is 0 Å². The Hall–Kier alpha value is -1.43. The highest BCUT2D eigenvalue weighted by Crippen LogP contribution is 2.24. The molecule has 3 N–H and O–H groups in total. The molecule has 0 saturated carbocycles. The summed E-state index contributed by atoms with van der Waals surface area (Å²) in [5, 5.41) is 3.39. The summed E-state index contributed by atoms with van der Waals surface area (Å²) in [7, 11) is 1.86. The average Bonchev–Trinajstić information content (AvgIpc) is 2.97.